The molecule has 0 aromatic heterocycles. The fourth-order valence-electron chi connectivity index (χ4n) is 5.59. The molecular weight excluding hydrogens is 469 g/mol. The van der Waals surface area contributed by atoms with Crippen LogP contribution in [0.15, 0.2) is 84.9 Å². The van der Waals surface area contributed by atoms with E-state index < -0.39 is 16.4 Å². The van der Waals surface area contributed by atoms with E-state index in [1.807, 2.05) is 0 Å². The minimum atomic E-state index is -2.90. The van der Waals surface area contributed by atoms with E-state index in [-0.39, 0.29) is 22.0 Å². The summed E-state index contributed by atoms with van der Waals surface area (Å²) in [6.45, 7) is 26.3. The van der Waals surface area contributed by atoms with Crippen molar-refractivity contribution in [3.63, 3.8) is 0 Å². The number of rotatable bonds is 6. The van der Waals surface area contributed by atoms with Crippen molar-refractivity contribution in [3.05, 3.63) is 84.9 Å². The first-order valence-electron chi connectivity index (χ1n) is 13.4. The van der Waals surface area contributed by atoms with Crippen LogP contribution in [-0.2, 0) is 4.43 Å². The Hall–Kier alpha value is -1.95. The summed E-state index contributed by atoms with van der Waals surface area (Å²) in [4.78, 5) is 0. The summed E-state index contributed by atoms with van der Waals surface area (Å²) in [5, 5.41) is 5.80. The van der Waals surface area contributed by atoms with E-state index in [4.69, 9.17) is 4.43 Å². The van der Waals surface area contributed by atoms with Gasteiger partial charge in [-0.05, 0) is 31.4 Å². The van der Waals surface area contributed by atoms with Gasteiger partial charge in [0.15, 0.2) is 0 Å². The van der Waals surface area contributed by atoms with Crippen LogP contribution in [0.5, 0.6) is 0 Å². The van der Waals surface area contributed by atoms with Crippen LogP contribution in [0, 0.1) is 10.8 Å². The molecule has 3 aromatic carbocycles. The number of hydrogen-bond acceptors (Lipinski definition) is 1. The molecule has 3 heteroatoms. The summed E-state index contributed by atoms with van der Waals surface area (Å²) >= 11 is 0. The Labute approximate surface area is 223 Å². The quantitative estimate of drug-likeness (QED) is 0.257. The summed E-state index contributed by atoms with van der Waals surface area (Å²) in [5.74, 6) is 0. The molecule has 0 heterocycles. The maximum Gasteiger partial charge on any atom is 0.288 e. The van der Waals surface area contributed by atoms with Crippen LogP contribution in [0.2, 0.25) is 18.1 Å². The number of benzene rings is 3. The molecule has 0 atom stereocenters. The zero-order valence-corrected chi connectivity index (χ0v) is 26.6. The maximum absolute atomic E-state index is 7.83. The predicted molar refractivity (Wildman–Crippen MR) is 165 cm³/mol. The molecule has 0 aliphatic heterocycles. The van der Waals surface area contributed by atoms with Crippen LogP contribution in [0.4, 0.5) is 0 Å². The smallest absolute Gasteiger partial charge is 0.288 e. The Morgan fingerprint density at radius 1 is 0.528 bits per heavy atom. The van der Waals surface area contributed by atoms with Gasteiger partial charge < -0.3 is 4.43 Å². The normalized spacial score (nSPS) is 13.8. The summed E-state index contributed by atoms with van der Waals surface area (Å²) in [6, 6.07) is 31.5. The Morgan fingerprint density at radius 3 is 1.25 bits per heavy atom. The van der Waals surface area contributed by atoms with Gasteiger partial charge in [0.1, 0.15) is 0 Å². The highest BCUT2D eigenvalue weighted by atomic mass is 28.4. The lowest BCUT2D eigenvalue weighted by Gasteiger charge is -2.48. The van der Waals surface area contributed by atoms with Gasteiger partial charge in [0.05, 0.1) is 14.2 Å². The van der Waals surface area contributed by atoms with Gasteiger partial charge in [-0.2, -0.15) is 0 Å². The molecule has 3 rings (SSSR count). The monoisotopic (exact) mass is 516 g/mol. The lowest BCUT2D eigenvalue weighted by molar-refractivity contribution is -0.00419. The van der Waals surface area contributed by atoms with Crippen LogP contribution in [0.3, 0.4) is 0 Å². The van der Waals surface area contributed by atoms with Gasteiger partial charge in [0.25, 0.3) is 8.32 Å². The molecule has 0 amide bonds. The highest BCUT2D eigenvalue weighted by Gasteiger charge is 2.51. The molecule has 0 bridgehead atoms. The van der Waals surface area contributed by atoms with Crippen LogP contribution in [0.1, 0.15) is 62.3 Å². The third kappa shape index (κ3) is 5.49. The van der Waals surface area contributed by atoms with Gasteiger partial charge >= 0.3 is 0 Å². The second-order valence-corrected chi connectivity index (χ2v) is 22.6. The van der Waals surface area contributed by atoms with Gasteiger partial charge in [0.2, 0.25) is 0 Å². The Bertz CT molecular complexity index is 1080. The largest absolute Gasteiger partial charge is 0.400 e. The molecule has 0 aliphatic rings. The van der Waals surface area contributed by atoms with Gasteiger partial charge in [-0.25, -0.2) is 0 Å². The Kier molecular flexibility index (Phi) is 8.01. The SMILES string of the molecule is CC(C)(C)C(O[Si](c1ccccc1)(c1ccccc1)c1ccccc1[Si](C)(C)C(C)(C)C)C(C)(C)C. The van der Waals surface area contributed by atoms with Gasteiger partial charge in [-0.3, -0.25) is 0 Å². The van der Waals surface area contributed by atoms with Crippen LogP contribution in [-0.4, -0.2) is 22.5 Å². The van der Waals surface area contributed by atoms with Crippen molar-refractivity contribution in [2.75, 3.05) is 0 Å². The minimum Gasteiger partial charge on any atom is -0.400 e. The van der Waals surface area contributed by atoms with Crippen molar-refractivity contribution in [2.24, 2.45) is 10.8 Å². The molecule has 0 saturated carbocycles. The van der Waals surface area contributed by atoms with Crippen molar-refractivity contribution in [3.8, 4) is 0 Å². The molecule has 36 heavy (non-hydrogen) atoms. The molecule has 0 radical (unpaired) electrons. The lowest BCUT2D eigenvalue weighted by atomic mass is 9.74. The van der Waals surface area contributed by atoms with Crippen LogP contribution >= 0.6 is 0 Å². The second kappa shape index (κ2) is 10.1. The third-order valence-corrected chi connectivity index (χ3v) is 17.9. The second-order valence-electron chi connectivity index (χ2n) is 14.1. The van der Waals surface area contributed by atoms with E-state index in [9.17, 15) is 0 Å². The molecule has 0 unspecified atom stereocenters. The zero-order chi connectivity index (χ0) is 27.0. The standard InChI is InChI=1S/C33H48OSi2/c1-31(2,3)30(32(4,5)6)34-36(26-20-14-12-15-21-26,27-22-16-13-17-23-27)29-25-19-18-24-28(29)35(10,11)33(7,8)9/h12-25,30H,1-11H3. The molecule has 0 spiro atoms. The average Bonchev–Trinajstić information content (AvgIpc) is 2.79. The van der Waals surface area contributed by atoms with Crippen molar-refractivity contribution in [1.82, 2.24) is 0 Å². The fourth-order valence-corrected chi connectivity index (χ4v) is 13.7. The fraction of sp³-hybridized carbons (Fsp3) is 0.455. The van der Waals surface area contributed by atoms with Gasteiger partial charge in [-0.15, -0.1) is 0 Å². The van der Waals surface area contributed by atoms with Crippen LogP contribution in [0.25, 0.3) is 0 Å². The van der Waals surface area contributed by atoms with Crippen molar-refractivity contribution in [1.29, 1.82) is 0 Å². The first kappa shape index (κ1) is 28.6. The summed E-state index contributed by atoms with van der Waals surface area (Å²) in [7, 11) is -4.79. The molecule has 0 aliphatic carbocycles. The topological polar surface area (TPSA) is 9.23 Å². The highest BCUT2D eigenvalue weighted by Crippen LogP contribution is 2.39. The zero-order valence-electron chi connectivity index (χ0n) is 24.6. The molecule has 0 fully saturated rings. The first-order chi connectivity index (χ1) is 16.5. The van der Waals surface area contributed by atoms with Gasteiger partial charge in [0, 0.05) is 0 Å². The predicted octanol–water partition coefficient (Wildman–Crippen LogP) is 6.85. The minimum absolute atomic E-state index is 0.0218. The molecule has 3 aromatic rings. The molecule has 194 valence electrons. The molecular formula is C33H48OSi2. The van der Waals surface area contributed by atoms with Crippen molar-refractivity contribution < 1.29 is 4.43 Å². The number of hydrogen-bond donors (Lipinski definition) is 0. The van der Waals surface area contributed by atoms with Crippen LogP contribution < -0.4 is 20.7 Å². The highest BCUT2D eigenvalue weighted by molar-refractivity contribution is 7.11. The van der Waals surface area contributed by atoms with E-state index in [0.29, 0.717) is 0 Å². The summed E-state index contributed by atoms with van der Waals surface area (Å²) in [5.41, 5.74) is -0.0437. The maximum atomic E-state index is 7.83. The van der Waals surface area contributed by atoms with E-state index in [2.05, 4.69) is 160 Å². The first-order valence-corrected chi connectivity index (χ1v) is 18.3. The Morgan fingerprint density at radius 2 is 0.889 bits per heavy atom. The van der Waals surface area contributed by atoms with E-state index in [1.165, 1.54) is 20.7 Å². The molecule has 1 nitrogen and oxygen atoms in total. The van der Waals surface area contributed by atoms with Crippen molar-refractivity contribution in [2.45, 2.75) is 86.5 Å². The molecule has 0 saturated heterocycles. The third-order valence-electron chi connectivity index (χ3n) is 8.08. The van der Waals surface area contributed by atoms with Crippen molar-refractivity contribution >= 4 is 37.1 Å². The van der Waals surface area contributed by atoms with E-state index >= 15 is 0 Å². The lowest BCUT2D eigenvalue weighted by Crippen LogP contribution is -2.77. The Balaban J connectivity index is 2.52. The van der Waals surface area contributed by atoms with Gasteiger partial charge in [-0.1, -0.05) is 166 Å². The van der Waals surface area contributed by atoms with E-state index in [0.717, 1.165) is 0 Å². The summed E-state index contributed by atoms with van der Waals surface area (Å²) in [6.07, 6.45) is 0.0598. The van der Waals surface area contributed by atoms with E-state index in [1.54, 1.807) is 0 Å². The average molecular weight is 517 g/mol. The molecule has 0 N–H and O–H groups in total. The summed E-state index contributed by atoms with van der Waals surface area (Å²) < 4.78 is 7.83.